The summed E-state index contributed by atoms with van der Waals surface area (Å²) in [6.07, 6.45) is 1.39. The van der Waals surface area contributed by atoms with Crippen molar-refractivity contribution >= 4 is 29.2 Å². The quantitative estimate of drug-likeness (QED) is 0.531. The van der Waals surface area contributed by atoms with Crippen LogP contribution in [0.2, 0.25) is 0 Å². The zero-order valence-corrected chi connectivity index (χ0v) is 14.4. The van der Waals surface area contributed by atoms with Crippen LogP contribution in [0.15, 0.2) is 71.3 Å². The molecule has 0 radical (unpaired) electrons. The van der Waals surface area contributed by atoms with Crippen LogP contribution in [0.1, 0.15) is 27.8 Å². The highest BCUT2D eigenvalue weighted by atomic mass is 16.5. The average Bonchev–Trinajstić information content (AvgIpc) is 3.19. The Morgan fingerprint density at radius 1 is 0.889 bits per heavy atom. The molecule has 3 rings (SSSR count). The predicted molar refractivity (Wildman–Crippen MR) is 98.8 cm³/mol. The van der Waals surface area contributed by atoms with Crippen molar-refractivity contribution in [3.8, 4) is 5.75 Å². The Bertz CT molecular complexity index is 965. The Labute approximate surface area is 154 Å². The highest BCUT2D eigenvalue weighted by Crippen LogP contribution is 2.29. The number of hydrogen-bond donors (Lipinski definition) is 2. The minimum Gasteiger partial charge on any atom is -0.459 e. The Balaban J connectivity index is 1.82. The number of anilines is 2. The van der Waals surface area contributed by atoms with Crippen LogP contribution in [0.5, 0.6) is 5.75 Å². The molecule has 0 aliphatic rings. The van der Waals surface area contributed by atoms with Gasteiger partial charge in [0.2, 0.25) is 0 Å². The first-order valence-corrected chi connectivity index (χ1v) is 8.06. The molecule has 0 fully saturated rings. The fraction of sp³-hybridized carbons (Fsp3) is 0.0500. The number of nitrogens with one attached hydrogen (secondary N) is 2. The van der Waals surface area contributed by atoms with Gasteiger partial charge in [-0.05, 0) is 36.4 Å². The molecular weight excluding hydrogens is 348 g/mol. The van der Waals surface area contributed by atoms with Gasteiger partial charge in [0, 0.05) is 24.2 Å². The molecule has 0 atom stereocenters. The normalized spacial score (nSPS) is 10.1. The molecule has 7 nitrogen and oxygen atoms in total. The lowest BCUT2D eigenvalue weighted by atomic mass is 10.2. The van der Waals surface area contributed by atoms with Gasteiger partial charge in [-0.1, -0.05) is 18.2 Å². The van der Waals surface area contributed by atoms with Crippen molar-refractivity contribution in [2.24, 2.45) is 0 Å². The van der Waals surface area contributed by atoms with Crippen LogP contribution < -0.4 is 15.4 Å². The zero-order chi connectivity index (χ0) is 19.2. The maximum atomic E-state index is 12.3. The van der Waals surface area contributed by atoms with Crippen LogP contribution in [0, 0.1) is 0 Å². The maximum Gasteiger partial charge on any atom is 0.308 e. The molecule has 0 saturated heterocycles. The number of carbonyl (C=O) groups is 3. The molecule has 1 heterocycles. The average molecular weight is 364 g/mol. The number of carbonyl (C=O) groups excluding carboxylic acids is 3. The van der Waals surface area contributed by atoms with Crippen molar-refractivity contribution in [2.45, 2.75) is 6.92 Å². The number of ether oxygens (including phenoxy) is 1. The van der Waals surface area contributed by atoms with Gasteiger partial charge in [-0.15, -0.1) is 0 Å². The largest absolute Gasteiger partial charge is 0.459 e. The molecule has 2 aromatic carbocycles. The summed E-state index contributed by atoms with van der Waals surface area (Å²) in [5.41, 5.74) is 1.14. The molecule has 0 saturated carbocycles. The standard InChI is InChI=1S/C20H16N2O5/c1-13(23)27-18-12-15(21-20(25)17-8-5-11-26-17)9-10-16(18)22-19(24)14-6-3-2-4-7-14/h2-12H,1H3,(H,21,25)(H,22,24). The van der Waals surface area contributed by atoms with E-state index in [-0.39, 0.29) is 17.4 Å². The van der Waals surface area contributed by atoms with Gasteiger partial charge in [0.25, 0.3) is 11.8 Å². The van der Waals surface area contributed by atoms with E-state index in [2.05, 4.69) is 10.6 Å². The second-order valence-corrected chi connectivity index (χ2v) is 5.56. The molecule has 0 bridgehead atoms. The van der Waals surface area contributed by atoms with Gasteiger partial charge in [-0.25, -0.2) is 0 Å². The summed E-state index contributed by atoms with van der Waals surface area (Å²) >= 11 is 0. The maximum absolute atomic E-state index is 12.3. The number of amides is 2. The Hall–Kier alpha value is -3.87. The van der Waals surface area contributed by atoms with E-state index >= 15 is 0 Å². The first kappa shape index (κ1) is 17.9. The molecule has 136 valence electrons. The second-order valence-electron chi connectivity index (χ2n) is 5.56. The van der Waals surface area contributed by atoms with Gasteiger partial charge in [-0.3, -0.25) is 14.4 Å². The lowest BCUT2D eigenvalue weighted by molar-refractivity contribution is -0.131. The fourth-order valence-electron chi connectivity index (χ4n) is 2.33. The van der Waals surface area contributed by atoms with Gasteiger partial charge < -0.3 is 19.8 Å². The summed E-state index contributed by atoms with van der Waals surface area (Å²) in [6, 6.07) is 16.3. The molecule has 3 aromatic rings. The third-order valence-corrected chi connectivity index (χ3v) is 3.52. The second kappa shape index (κ2) is 8.01. The third-order valence-electron chi connectivity index (χ3n) is 3.52. The molecule has 2 amide bonds. The summed E-state index contributed by atoms with van der Waals surface area (Å²) in [6.45, 7) is 1.25. The van der Waals surface area contributed by atoms with E-state index in [4.69, 9.17) is 9.15 Å². The van der Waals surface area contributed by atoms with Crippen molar-refractivity contribution in [3.05, 3.63) is 78.3 Å². The lowest BCUT2D eigenvalue weighted by Gasteiger charge is -2.13. The smallest absolute Gasteiger partial charge is 0.308 e. The van der Waals surface area contributed by atoms with E-state index < -0.39 is 11.9 Å². The van der Waals surface area contributed by atoms with Crippen molar-refractivity contribution in [2.75, 3.05) is 10.6 Å². The Morgan fingerprint density at radius 2 is 1.67 bits per heavy atom. The molecule has 7 heteroatoms. The van der Waals surface area contributed by atoms with Gasteiger partial charge in [0.1, 0.15) is 0 Å². The highest BCUT2D eigenvalue weighted by Gasteiger charge is 2.14. The highest BCUT2D eigenvalue weighted by molar-refractivity contribution is 6.06. The van der Waals surface area contributed by atoms with Crippen molar-refractivity contribution in [1.29, 1.82) is 0 Å². The van der Waals surface area contributed by atoms with Crippen LogP contribution >= 0.6 is 0 Å². The number of rotatable bonds is 5. The molecular formula is C20H16N2O5. The Kier molecular flexibility index (Phi) is 5.32. The van der Waals surface area contributed by atoms with E-state index in [9.17, 15) is 14.4 Å². The summed E-state index contributed by atoms with van der Waals surface area (Å²) < 4.78 is 10.2. The molecule has 0 unspecified atom stereocenters. The minimum atomic E-state index is -0.556. The van der Waals surface area contributed by atoms with Crippen LogP contribution in [0.25, 0.3) is 0 Å². The predicted octanol–water partition coefficient (Wildman–Crippen LogP) is 3.71. The van der Waals surface area contributed by atoms with Gasteiger partial charge in [0.15, 0.2) is 11.5 Å². The van der Waals surface area contributed by atoms with Crippen molar-refractivity contribution in [3.63, 3.8) is 0 Å². The number of furan rings is 1. The van der Waals surface area contributed by atoms with Crippen LogP contribution in [-0.2, 0) is 4.79 Å². The number of esters is 1. The van der Waals surface area contributed by atoms with Crippen LogP contribution in [0.3, 0.4) is 0 Å². The summed E-state index contributed by atoms with van der Waals surface area (Å²) in [5.74, 6) is -1.10. The molecule has 27 heavy (non-hydrogen) atoms. The first-order chi connectivity index (χ1) is 13.0. The van der Waals surface area contributed by atoms with Crippen LogP contribution in [0.4, 0.5) is 11.4 Å². The fourth-order valence-corrected chi connectivity index (χ4v) is 2.33. The third kappa shape index (κ3) is 4.60. The molecule has 0 aliphatic carbocycles. The van der Waals surface area contributed by atoms with E-state index in [1.54, 1.807) is 42.5 Å². The SMILES string of the molecule is CC(=O)Oc1cc(NC(=O)c2ccco2)ccc1NC(=O)c1ccccc1. The van der Waals surface area contributed by atoms with E-state index in [0.717, 1.165) is 0 Å². The lowest BCUT2D eigenvalue weighted by Crippen LogP contribution is -2.15. The van der Waals surface area contributed by atoms with Crippen molar-refractivity contribution < 1.29 is 23.5 Å². The topological polar surface area (TPSA) is 97.6 Å². The minimum absolute atomic E-state index is 0.115. The van der Waals surface area contributed by atoms with E-state index in [1.165, 1.54) is 31.4 Å². The molecule has 1 aromatic heterocycles. The van der Waals surface area contributed by atoms with Gasteiger partial charge in [0.05, 0.1) is 12.0 Å². The monoisotopic (exact) mass is 364 g/mol. The van der Waals surface area contributed by atoms with Gasteiger partial charge in [-0.2, -0.15) is 0 Å². The van der Waals surface area contributed by atoms with Gasteiger partial charge >= 0.3 is 5.97 Å². The first-order valence-electron chi connectivity index (χ1n) is 8.06. The summed E-state index contributed by atoms with van der Waals surface area (Å²) in [7, 11) is 0. The molecule has 0 spiro atoms. The van der Waals surface area contributed by atoms with Crippen LogP contribution in [-0.4, -0.2) is 17.8 Å². The summed E-state index contributed by atoms with van der Waals surface area (Å²) in [5, 5.41) is 5.33. The molecule has 2 N–H and O–H groups in total. The summed E-state index contributed by atoms with van der Waals surface area (Å²) in [4.78, 5) is 35.8. The Morgan fingerprint density at radius 3 is 2.33 bits per heavy atom. The number of hydrogen-bond acceptors (Lipinski definition) is 5. The molecule has 0 aliphatic heterocycles. The number of benzene rings is 2. The van der Waals surface area contributed by atoms with Crippen molar-refractivity contribution in [1.82, 2.24) is 0 Å². The van der Waals surface area contributed by atoms with E-state index in [0.29, 0.717) is 16.9 Å². The van der Waals surface area contributed by atoms with E-state index in [1.807, 2.05) is 0 Å². The zero-order valence-electron chi connectivity index (χ0n) is 14.4.